The summed E-state index contributed by atoms with van der Waals surface area (Å²) in [5.74, 6) is 1.24. The molecule has 0 unspecified atom stereocenters. The number of tetrazole rings is 1. The highest BCUT2D eigenvalue weighted by molar-refractivity contribution is 7.98. The zero-order chi connectivity index (χ0) is 20.4. The summed E-state index contributed by atoms with van der Waals surface area (Å²) in [7, 11) is 0. The second-order valence-corrected chi connectivity index (χ2v) is 7.48. The topological polar surface area (TPSA) is 83.0 Å². The third kappa shape index (κ3) is 3.75. The molecule has 0 aliphatic carbocycles. The maximum atomic E-state index is 12.1. The van der Waals surface area contributed by atoms with Crippen molar-refractivity contribution < 1.29 is 9.15 Å². The van der Waals surface area contributed by atoms with E-state index in [-0.39, 0.29) is 5.63 Å². The molecule has 0 atom stereocenters. The van der Waals surface area contributed by atoms with Crippen LogP contribution in [-0.2, 0) is 5.75 Å². The molecule has 0 radical (unpaired) electrons. The quantitative estimate of drug-likeness (QED) is 0.351. The number of benzene rings is 2. The van der Waals surface area contributed by atoms with Crippen LogP contribution in [0.1, 0.15) is 23.6 Å². The fraction of sp³-hybridized carbons (Fsp3) is 0.238. The van der Waals surface area contributed by atoms with Crippen molar-refractivity contribution in [2.75, 3.05) is 6.61 Å². The van der Waals surface area contributed by atoms with Gasteiger partial charge in [0.05, 0.1) is 6.61 Å². The van der Waals surface area contributed by atoms with Gasteiger partial charge in [-0.3, -0.25) is 0 Å². The second-order valence-electron chi connectivity index (χ2n) is 6.54. The lowest BCUT2D eigenvalue weighted by atomic mass is 10.0. The van der Waals surface area contributed by atoms with E-state index in [2.05, 4.69) is 15.5 Å². The van der Waals surface area contributed by atoms with Gasteiger partial charge in [-0.1, -0.05) is 36.0 Å². The van der Waals surface area contributed by atoms with Crippen molar-refractivity contribution in [3.05, 3.63) is 69.6 Å². The third-order valence-corrected chi connectivity index (χ3v) is 5.68. The smallest absolute Gasteiger partial charge is 0.336 e. The van der Waals surface area contributed by atoms with Crippen molar-refractivity contribution in [1.29, 1.82) is 0 Å². The molecule has 0 aliphatic heterocycles. The minimum absolute atomic E-state index is 0.358. The molecule has 0 saturated heterocycles. The van der Waals surface area contributed by atoms with Gasteiger partial charge in [-0.15, -0.1) is 5.10 Å². The normalized spacial score (nSPS) is 11.1. The standard InChI is InChI=1S/C21H20N4O3S/c1-4-27-18-8-6-5-7-17(18)25-21(22-23-24-25)29-12-15-11-19(26)28-20-14(3)13(2)9-10-16(15)20/h5-11H,4,12H2,1-3H3. The van der Waals surface area contributed by atoms with Gasteiger partial charge in [-0.2, -0.15) is 4.68 Å². The van der Waals surface area contributed by atoms with Crippen molar-refractivity contribution >= 4 is 22.7 Å². The molecule has 0 aliphatic rings. The fourth-order valence-corrected chi connectivity index (χ4v) is 3.99. The van der Waals surface area contributed by atoms with Crippen LogP contribution in [0.2, 0.25) is 0 Å². The molecule has 0 N–H and O–H groups in total. The highest BCUT2D eigenvalue weighted by atomic mass is 32.2. The molecule has 148 valence electrons. The van der Waals surface area contributed by atoms with Crippen molar-refractivity contribution in [3.63, 3.8) is 0 Å². The molecule has 7 nitrogen and oxygen atoms in total. The Morgan fingerprint density at radius 2 is 2.00 bits per heavy atom. The Kier molecular flexibility index (Phi) is 5.35. The van der Waals surface area contributed by atoms with Crippen LogP contribution >= 0.6 is 11.8 Å². The number of aromatic nitrogens is 4. The lowest BCUT2D eigenvalue weighted by molar-refractivity contribution is 0.337. The molecule has 8 heteroatoms. The summed E-state index contributed by atoms with van der Waals surface area (Å²) in [5, 5.41) is 13.6. The van der Waals surface area contributed by atoms with Gasteiger partial charge >= 0.3 is 5.63 Å². The summed E-state index contributed by atoms with van der Waals surface area (Å²) in [6.45, 7) is 6.44. The van der Waals surface area contributed by atoms with Crippen molar-refractivity contribution in [2.45, 2.75) is 31.7 Å². The van der Waals surface area contributed by atoms with E-state index < -0.39 is 0 Å². The number of para-hydroxylation sites is 2. The van der Waals surface area contributed by atoms with Crippen LogP contribution in [0.5, 0.6) is 5.75 Å². The van der Waals surface area contributed by atoms with E-state index in [0.29, 0.717) is 28.8 Å². The van der Waals surface area contributed by atoms with Gasteiger partial charge in [-0.25, -0.2) is 4.79 Å². The number of fused-ring (bicyclic) bond motifs is 1. The third-order valence-electron chi connectivity index (χ3n) is 4.71. The number of hydrogen-bond acceptors (Lipinski definition) is 7. The minimum Gasteiger partial charge on any atom is -0.492 e. The summed E-state index contributed by atoms with van der Waals surface area (Å²) in [5.41, 5.74) is 3.99. The highest BCUT2D eigenvalue weighted by Crippen LogP contribution is 2.30. The van der Waals surface area contributed by atoms with E-state index in [1.165, 1.54) is 17.8 Å². The summed E-state index contributed by atoms with van der Waals surface area (Å²) in [6.07, 6.45) is 0. The SMILES string of the molecule is CCOc1ccccc1-n1nnnc1SCc1cc(=O)oc2c(C)c(C)ccc12. The Morgan fingerprint density at radius 3 is 2.83 bits per heavy atom. The van der Waals surface area contributed by atoms with Crippen LogP contribution in [0.3, 0.4) is 0 Å². The van der Waals surface area contributed by atoms with E-state index in [1.807, 2.05) is 57.2 Å². The van der Waals surface area contributed by atoms with Crippen molar-refractivity contribution in [1.82, 2.24) is 20.2 Å². The summed E-state index contributed by atoms with van der Waals surface area (Å²) >= 11 is 1.45. The first-order valence-electron chi connectivity index (χ1n) is 9.24. The van der Waals surface area contributed by atoms with Crippen LogP contribution in [-0.4, -0.2) is 26.8 Å². The molecule has 4 aromatic rings. The van der Waals surface area contributed by atoms with Crippen LogP contribution in [0, 0.1) is 13.8 Å². The molecular formula is C21H20N4O3S. The summed E-state index contributed by atoms with van der Waals surface area (Å²) in [4.78, 5) is 12.1. The average Bonchev–Trinajstić information content (AvgIpc) is 3.18. The molecule has 4 rings (SSSR count). The maximum absolute atomic E-state index is 12.1. The Morgan fingerprint density at radius 1 is 1.17 bits per heavy atom. The molecule has 2 heterocycles. The second kappa shape index (κ2) is 8.08. The van der Waals surface area contributed by atoms with Crippen molar-refractivity contribution in [3.8, 4) is 11.4 Å². The first-order chi connectivity index (χ1) is 14.1. The van der Waals surface area contributed by atoms with Crippen LogP contribution in [0.4, 0.5) is 0 Å². The molecule has 0 amide bonds. The van der Waals surface area contributed by atoms with Gasteiger partial charge in [-0.05, 0) is 60.0 Å². The van der Waals surface area contributed by atoms with Gasteiger partial charge in [0.25, 0.3) is 0 Å². The average molecular weight is 408 g/mol. The minimum atomic E-state index is -0.358. The van der Waals surface area contributed by atoms with E-state index in [1.54, 1.807) is 4.68 Å². The molecule has 0 saturated carbocycles. The largest absolute Gasteiger partial charge is 0.492 e. The molecule has 2 aromatic heterocycles. The molecule has 0 spiro atoms. The van der Waals surface area contributed by atoms with E-state index in [9.17, 15) is 4.79 Å². The number of nitrogens with zero attached hydrogens (tertiary/aromatic N) is 4. The number of hydrogen-bond donors (Lipinski definition) is 0. The lowest BCUT2D eigenvalue weighted by Gasteiger charge is -2.11. The van der Waals surface area contributed by atoms with Crippen LogP contribution in [0.15, 0.2) is 56.8 Å². The molecule has 2 aromatic carbocycles. The predicted octanol–water partition coefficient (Wildman–Crippen LogP) is 4.08. The first kappa shape index (κ1) is 19.2. The Labute approximate surface area is 171 Å². The molecular weight excluding hydrogens is 388 g/mol. The highest BCUT2D eigenvalue weighted by Gasteiger charge is 2.15. The zero-order valence-corrected chi connectivity index (χ0v) is 17.2. The maximum Gasteiger partial charge on any atom is 0.336 e. The number of rotatable bonds is 6. The van der Waals surface area contributed by atoms with Gasteiger partial charge in [0.2, 0.25) is 5.16 Å². The predicted molar refractivity (Wildman–Crippen MR) is 112 cm³/mol. The Balaban J connectivity index is 1.68. The van der Waals surface area contributed by atoms with E-state index in [4.69, 9.17) is 9.15 Å². The Hall–Kier alpha value is -3.13. The number of thioether (sulfide) groups is 1. The van der Waals surface area contributed by atoms with E-state index >= 15 is 0 Å². The van der Waals surface area contributed by atoms with Gasteiger partial charge in [0.1, 0.15) is 17.0 Å². The van der Waals surface area contributed by atoms with Gasteiger partial charge < -0.3 is 9.15 Å². The molecule has 29 heavy (non-hydrogen) atoms. The zero-order valence-electron chi connectivity index (χ0n) is 16.4. The van der Waals surface area contributed by atoms with Crippen LogP contribution < -0.4 is 10.4 Å². The molecule has 0 bridgehead atoms. The fourth-order valence-electron chi connectivity index (χ4n) is 3.12. The van der Waals surface area contributed by atoms with Crippen LogP contribution in [0.25, 0.3) is 16.7 Å². The summed E-state index contributed by atoms with van der Waals surface area (Å²) < 4.78 is 12.8. The number of ether oxygens (including phenoxy) is 1. The molecule has 0 fully saturated rings. The first-order valence-corrected chi connectivity index (χ1v) is 10.2. The van der Waals surface area contributed by atoms with Gasteiger partial charge in [0, 0.05) is 17.2 Å². The monoisotopic (exact) mass is 408 g/mol. The number of aryl methyl sites for hydroxylation is 2. The van der Waals surface area contributed by atoms with E-state index in [0.717, 1.165) is 27.8 Å². The lowest BCUT2D eigenvalue weighted by Crippen LogP contribution is -2.04. The van der Waals surface area contributed by atoms with Gasteiger partial charge in [0.15, 0.2) is 0 Å². The summed E-state index contributed by atoms with van der Waals surface area (Å²) in [6, 6.07) is 13.2. The van der Waals surface area contributed by atoms with Crippen molar-refractivity contribution in [2.24, 2.45) is 0 Å². The Bertz CT molecular complexity index is 1230.